The van der Waals surface area contributed by atoms with Gasteiger partial charge < -0.3 is 0 Å². The molecule has 0 atom stereocenters. The van der Waals surface area contributed by atoms with Gasteiger partial charge in [0, 0.05) is 15.0 Å². The zero-order chi connectivity index (χ0) is 9.84. The lowest BCUT2D eigenvalue weighted by molar-refractivity contribution is -0.400. The van der Waals surface area contributed by atoms with E-state index < -0.39 is 4.92 Å². The molecule has 1 aromatic rings. The molecule has 0 spiro atoms. The van der Waals surface area contributed by atoms with Gasteiger partial charge in [0.25, 0.3) is 0 Å². The molecule has 0 aliphatic heterocycles. The Kier molecular flexibility index (Phi) is 3.62. The average molecular weight is 307 g/mol. The molecule has 0 aliphatic rings. The molecule has 0 amide bonds. The van der Waals surface area contributed by atoms with E-state index in [-0.39, 0.29) is 0 Å². The predicted molar refractivity (Wildman–Crippen MR) is 57.9 cm³/mol. The Morgan fingerprint density at radius 3 is 2.23 bits per heavy atom. The summed E-state index contributed by atoms with van der Waals surface area (Å²) in [7, 11) is 0. The van der Waals surface area contributed by atoms with Crippen molar-refractivity contribution in [3.05, 3.63) is 49.0 Å². The number of nitrogens with zero attached hydrogens (tertiary/aromatic N) is 1. The van der Waals surface area contributed by atoms with Gasteiger partial charge in [-0.15, -0.1) is 0 Å². The molecule has 5 heteroatoms. The third kappa shape index (κ3) is 3.69. The summed E-state index contributed by atoms with van der Waals surface area (Å²) < 4.78 is 1.76. The van der Waals surface area contributed by atoms with E-state index in [9.17, 15) is 10.1 Å². The van der Waals surface area contributed by atoms with Gasteiger partial charge in [0.05, 0.1) is 4.92 Å². The molecule has 0 bridgehead atoms. The molecule has 0 saturated carbocycles. The maximum absolute atomic E-state index is 10.0. The van der Waals surface area contributed by atoms with Gasteiger partial charge in [-0.3, -0.25) is 10.1 Å². The quantitative estimate of drug-likeness (QED) is 0.620. The average Bonchev–Trinajstić information content (AvgIpc) is 1.99. The van der Waals surface area contributed by atoms with Gasteiger partial charge in [0.1, 0.15) is 0 Å². The minimum atomic E-state index is -0.491. The van der Waals surface area contributed by atoms with E-state index >= 15 is 0 Å². The molecular weight excluding hydrogens is 302 g/mol. The summed E-state index contributed by atoms with van der Waals surface area (Å²) in [5, 5.41) is 10.0. The Morgan fingerprint density at radius 2 is 1.77 bits per heavy atom. The molecule has 0 fully saturated rings. The molecule has 0 radical (unpaired) electrons. The molecule has 1 aromatic carbocycles. The van der Waals surface area contributed by atoms with E-state index in [2.05, 4.69) is 31.9 Å². The highest BCUT2D eigenvalue weighted by atomic mass is 79.9. The van der Waals surface area contributed by atoms with Crippen molar-refractivity contribution in [3.8, 4) is 0 Å². The SMILES string of the molecule is O=[N+]([O-])C=Cc1cc(Br)cc(Br)c1. The van der Waals surface area contributed by atoms with Gasteiger partial charge in [-0.05, 0) is 23.8 Å². The molecule has 0 saturated heterocycles. The molecule has 0 N–H and O–H groups in total. The number of halogens is 2. The Hall–Kier alpha value is -0.680. The molecule has 0 unspecified atom stereocenters. The first kappa shape index (κ1) is 10.4. The molecule has 3 nitrogen and oxygen atoms in total. The highest BCUT2D eigenvalue weighted by molar-refractivity contribution is 9.11. The summed E-state index contributed by atoms with van der Waals surface area (Å²) in [6, 6.07) is 5.46. The highest BCUT2D eigenvalue weighted by Gasteiger charge is 1.95. The number of benzene rings is 1. The van der Waals surface area contributed by atoms with Crippen molar-refractivity contribution in [2.75, 3.05) is 0 Å². The minimum absolute atomic E-state index is 0.491. The van der Waals surface area contributed by atoms with Crippen LogP contribution in [0.2, 0.25) is 0 Å². The van der Waals surface area contributed by atoms with Crippen LogP contribution >= 0.6 is 31.9 Å². The van der Waals surface area contributed by atoms with Crippen molar-refractivity contribution < 1.29 is 4.92 Å². The van der Waals surface area contributed by atoms with Crippen LogP contribution in [0.1, 0.15) is 5.56 Å². The van der Waals surface area contributed by atoms with Crippen molar-refractivity contribution in [1.29, 1.82) is 0 Å². The summed E-state index contributed by atoms with van der Waals surface area (Å²) in [5.74, 6) is 0. The van der Waals surface area contributed by atoms with Gasteiger partial charge in [0.15, 0.2) is 0 Å². The monoisotopic (exact) mass is 305 g/mol. The predicted octanol–water partition coefficient (Wildman–Crippen LogP) is 3.46. The van der Waals surface area contributed by atoms with Crippen LogP contribution in [0, 0.1) is 10.1 Å². The standard InChI is InChI=1S/C8H5Br2NO2/c9-7-3-6(1-2-11(12)13)4-8(10)5-7/h1-5H. The summed E-state index contributed by atoms with van der Waals surface area (Å²) in [6.07, 6.45) is 2.35. The summed E-state index contributed by atoms with van der Waals surface area (Å²) >= 11 is 6.57. The molecule has 68 valence electrons. The van der Waals surface area contributed by atoms with Gasteiger partial charge >= 0.3 is 0 Å². The minimum Gasteiger partial charge on any atom is -0.259 e. The second-order valence-electron chi connectivity index (χ2n) is 2.30. The number of nitro groups is 1. The smallest absolute Gasteiger partial charge is 0.235 e. The van der Waals surface area contributed by atoms with Gasteiger partial charge in [-0.1, -0.05) is 31.9 Å². The van der Waals surface area contributed by atoms with Crippen LogP contribution in [-0.4, -0.2) is 4.92 Å². The maximum Gasteiger partial charge on any atom is 0.235 e. The third-order valence-electron chi connectivity index (χ3n) is 1.27. The van der Waals surface area contributed by atoms with Crippen molar-refractivity contribution in [3.63, 3.8) is 0 Å². The van der Waals surface area contributed by atoms with Gasteiger partial charge in [-0.2, -0.15) is 0 Å². The van der Waals surface area contributed by atoms with E-state index in [0.717, 1.165) is 20.7 Å². The van der Waals surface area contributed by atoms with Crippen molar-refractivity contribution in [1.82, 2.24) is 0 Å². The normalized spacial score (nSPS) is 10.6. The first-order chi connectivity index (χ1) is 6.08. The third-order valence-corrected chi connectivity index (χ3v) is 2.19. The van der Waals surface area contributed by atoms with Crippen LogP contribution in [0.4, 0.5) is 0 Å². The molecule has 13 heavy (non-hydrogen) atoms. The molecule has 1 rings (SSSR count). The first-order valence-electron chi connectivity index (χ1n) is 3.36. The van der Waals surface area contributed by atoms with E-state index in [1.54, 1.807) is 12.1 Å². The van der Waals surface area contributed by atoms with Crippen LogP contribution in [0.15, 0.2) is 33.3 Å². The Labute approximate surface area is 91.9 Å². The highest BCUT2D eigenvalue weighted by Crippen LogP contribution is 2.20. The first-order valence-corrected chi connectivity index (χ1v) is 4.94. The van der Waals surface area contributed by atoms with Crippen LogP contribution in [-0.2, 0) is 0 Å². The molecule has 0 heterocycles. The lowest BCUT2D eigenvalue weighted by Crippen LogP contribution is -1.82. The second kappa shape index (κ2) is 4.53. The fraction of sp³-hybridized carbons (Fsp3) is 0. The van der Waals surface area contributed by atoms with Crippen molar-refractivity contribution >= 4 is 37.9 Å². The number of hydrogen-bond donors (Lipinski definition) is 0. The Bertz CT molecular complexity index is 343. The zero-order valence-electron chi connectivity index (χ0n) is 6.41. The molecule has 0 aliphatic carbocycles. The van der Waals surface area contributed by atoms with Gasteiger partial charge in [-0.25, -0.2) is 0 Å². The second-order valence-corrected chi connectivity index (χ2v) is 4.14. The van der Waals surface area contributed by atoms with Gasteiger partial charge in [0.2, 0.25) is 6.20 Å². The van der Waals surface area contributed by atoms with Crippen LogP contribution < -0.4 is 0 Å². The van der Waals surface area contributed by atoms with E-state index in [1.807, 2.05) is 6.07 Å². The van der Waals surface area contributed by atoms with Crippen LogP contribution in [0.3, 0.4) is 0 Å². The van der Waals surface area contributed by atoms with E-state index in [0.29, 0.717) is 0 Å². The van der Waals surface area contributed by atoms with Crippen LogP contribution in [0.5, 0.6) is 0 Å². The molecular formula is C8H5Br2NO2. The summed E-state index contributed by atoms with van der Waals surface area (Å²) in [6.45, 7) is 0. The fourth-order valence-electron chi connectivity index (χ4n) is 0.818. The van der Waals surface area contributed by atoms with E-state index in [1.165, 1.54) is 6.08 Å². The largest absolute Gasteiger partial charge is 0.259 e. The van der Waals surface area contributed by atoms with Crippen LogP contribution in [0.25, 0.3) is 6.08 Å². The molecule has 0 aromatic heterocycles. The Morgan fingerprint density at radius 1 is 1.23 bits per heavy atom. The fourth-order valence-corrected chi connectivity index (χ4v) is 2.15. The van der Waals surface area contributed by atoms with E-state index in [4.69, 9.17) is 0 Å². The lowest BCUT2D eigenvalue weighted by Gasteiger charge is -1.95. The van der Waals surface area contributed by atoms with Crippen molar-refractivity contribution in [2.45, 2.75) is 0 Å². The Balaban J connectivity index is 2.95. The maximum atomic E-state index is 10.0. The lowest BCUT2D eigenvalue weighted by atomic mass is 10.2. The summed E-state index contributed by atoms with van der Waals surface area (Å²) in [5.41, 5.74) is 0.776. The zero-order valence-corrected chi connectivity index (χ0v) is 9.58. The number of rotatable bonds is 2. The van der Waals surface area contributed by atoms with Crippen molar-refractivity contribution in [2.24, 2.45) is 0 Å². The summed E-state index contributed by atoms with van der Waals surface area (Å²) in [4.78, 5) is 9.55. The number of hydrogen-bond acceptors (Lipinski definition) is 2. The topological polar surface area (TPSA) is 43.1 Å².